The van der Waals surface area contributed by atoms with Crippen LogP contribution in [0.4, 0.5) is 5.69 Å². The Kier molecular flexibility index (Phi) is 2.23. The van der Waals surface area contributed by atoms with Crippen molar-refractivity contribution in [3.63, 3.8) is 0 Å². The number of benzene rings is 1. The van der Waals surface area contributed by atoms with E-state index >= 15 is 0 Å². The molecule has 0 fully saturated rings. The van der Waals surface area contributed by atoms with Gasteiger partial charge in [0.1, 0.15) is 0 Å². The number of hydrogen-bond donors (Lipinski definition) is 1. The zero-order chi connectivity index (χ0) is 10.3. The molecular weight excluding hydrogens is 172 g/mol. The fourth-order valence-electron chi connectivity index (χ4n) is 2.01. The van der Waals surface area contributed by atoms with E-state index in [0.29, 0.717) is 12.0 Å². The van der Waals surface area contributed by atoms with Crippen molar-refractivity contribution in [2.24, 2.45) is 0 Å². The minimum absolute atomic E-state index is 0.441. The van der Waals surface area contributed by atoms with E-state index in [4.69, 9.17) is 0 Å². The average molecular weight is 190 g/mol. The molecule has 14 heavy (non-hydrogen) atoms. The lowest BCUT2D eigenvalue weighted by Crippen LogP contribution is -2.28. The maximum absolute atomic E-state index is 3.38. The van der Waals surface area contributed by atoms with Gasteiger partial charge < -0.3 is 5.01 Å². The summed E-state index contributed by atoms with van der Waals surface area (Å²) in [7, 11) is 2.08. The van der Waals surface area contributed by atoms with Crippen molar-refractivity contribution in [1.82, 2.24) is 5.43 Å². The molecule has 1 N–H and O–H groups in total. The van der Waals surface area contributed by atoms with Crippen molar-refractivity contribution in [2.45, 2.75) is 32.7 Å². The van der Waals surface area contributed by atoms with E-state index in [1.165, 1.54) is 16.8 Å². The van der Waals surface area contributed by atoms with Gasteiger partial charge in [-0.1, -0.05) is 26.0 Å². The highest BCUT2D eigenvalue weighted by Crippen LogP contribution is 2.33. The zero-order valence-corrected chi connectivity index (χ0v) is 9.33. The van der Waals surface area contributed by atoms with E-state index in [0.717, 1.165) is 0 Å². The summed E-state index contributed by atoms with van der Waals surface area (Å²) in [6.07, 6.45) is 0. The Labute approximate surface area is 85.9 Å². The van der Waals surface area contributed by atoms with Crippen LogP contribution in [0.5, 0.6) is 0 Å². The Bertz CT molecular complexity index is 344. The summed E-state index contributed by atoms with van der Waals surface area (Å²) in [6, 6.07) is 7.21. The van der Waals surface area contributed by atoms with Crippen LogP contribution in [0, 0.1) is 0 Å². The number of fused-ring (bicyclic) bond motifs is 1. The lowest BCUT2D eigenvalue weighted by Gasteiger charge is -2.14. The third kappa shape index (κ3) is 1.40. The van der Waals surface area contributed by atoms with E-state index in [9.17, 15) is 0 Å². The van der Waals surface area contributed by atoms with Crippen LogP contribution < -0.4 is 10.4 Å². The Morgan fingerprint density at radius 1 is 1.36 bits per heavy atom. The molecule has 0 radical (unpaired) electrons. The third-order valence-electron chi connectivity index (χ3n) is 2.94. The van der Waals surface area contributed by atoms with Gasteiger partial charge in [0.15, 0.2) is 0 Å². The maximum atomic E-state index is 3.38. The van der Waals surface area contributed by atoms with E-state index in [2.05, 4.69) is 56.5 Å². The molecule has 2 nitrogen and oxygen atoms in total. The Hall–Kier alpha value is -1.02. The molecule has 1 aliphatic rings. The lowest BCUT2D eigenvalue weighted by molar-refractivity contribution is 0.616. The summed E-state index contributed by atoms with van der Waals surface area (Å²) in [5, 5.41) is 2.12. The van der Waals surface area contributed by atoms with Gasteiger partial charge in [-0.05, 0) is 30.0 Å². The molecular formula is C12H18N2. The van der Waals surface area contributed by atoms with E-state index in [1.54, 1.807) is 0 Å². The highest BCUT2D eigenvalue weighted by atomic mass is 15.5. The highest BCUT2D eigenvalue weighted by molar-refractivity contribution is 5.59. The van der Waals surface area contributed by atoms with Crippen molar-refractivity contribution in [2.75, 3.05) is 12.1 Å². The monoisotopic (exact) mass is 190 g/mol. The molecule has 1 heterocycles. The molecule has 1 aromatic carbocycles. The van der Waals surface area contributed by atoms with Crippen LogP contribution in [0.1, 0.15) is 43.9 Å². The number of hydrazine groups is 1. The van der Waals surface area contributed by atoms with Crippen molar-refractivity contribution in [1.29, 1.82) is 0 Å². The normalized spacial score (nSPS) is 20.4. The van der Waals surface area contributed by atoms with E-state index in [1.807, 2.05) is 0 Å². The summed E-state index contributed by atoms with van der Waals surface area (Å²) < 4.78 is 0. The number of anilines is 1. The average Bonchev–Trinajstić information content (AvgIpc) is 2.42. The Balaban J connectivity index is 2.45. The fourth-order valence-corrected chi connectivity index (χ4v) is 2.01. The fraction of sp³-hybridized carbons (Fsp3) is 0.500. The minimum Gasteiger partial charge on any atom is -0.311 e. The van der Waals surface area contributed by atoms with Gasteiger partial charge in [-0.3, -0.25) is 0 Å². The SMILES string of the molecule is CC(C)c1ccc2c(c1)N(C)NC2C. The molecule has 1 atom stereocenters. The summed E-state index contributed by atoms with van der Waals surface area (Å²) in [4.78, 5) is 0. The van der Waals surface area contributed by atoms with Gasteiger partial charge >= 0.3 is 0 Å². The molecule has 1 aromatic rings. The quantitative estimate of drug-likeness (QED) is 0.732. The first kappa shape index (κ1) is 9.53. The first-order chi connectivity index (χ1) is 6.59. The molecule has 76 valence electrons. The predicted molar refractivity (Wildman–Crippen MR) is 60.5 cm³/mol. The second-order valence-electron chi connectivity index (χ2n) is 4.38. The molecule has 0 amide bonds. The second-order valence-corrected chi connectivity index (χ2v) is 4.38. The zero-order valence-electron chi connectivity index (χ0n) is 9.33. The first-order valence-electron chi connectivity index (χ1n) is 5.23. The van der Waals surface area contributed by atoms with Crippen LogP contribution in [-0.4, -0.2) is 7.05 Å². The summed E-state index contributed by atoms with van der Waals surface area (Å²) in [5.41, 5.74) is 7.51. The molecule has 0 saturated heterocycles. The highest BCUT2D eigenvalue weighted by Gasteiger charge is 2.22. The standard InChI is InChI=1S/C12H18N2/c1-8(2)10-5-6-11-9(3)13-14(4)12(11)7-10/h5-9,13H,1-4H3. The number of rotatable bonds is 1. The molecule has 0 saturated carbocycles. The number of nitrogens with one attached hydrogen (secondary N) is 1. The third-order valence-corrected chi connectivity index (χ3v) is 2.94. The van der Waals surface area contributed by atoms with Gasteiger partial charge in [-0.2, -0.15) is 0 Å². The largest absolute Gasteiger partial charge is 0.311 e. The Morgan fingerprint density at radius 3 is 2.71 bits per heavy atom. The molecule has 0 bridgehead atoms. The Morgan fingerprint density at radius 2 is 2.07 bits per heavy atom. The van der Waals surface area contributed by atoms with Gasteiger partial charge in [-0.15, -0.1) is 0 Å². The first-order valence-corrected chi connectivity index (χ1v) is 5.23. The minimum atomic E-state index is 0.441. The lowest BCUT2D eigenvalue weighted by atomic mass is 9.99. The van der Waals surface area contributed by atoms with Gasteiger partial charge in [0.05, 0.1) is 11.7 Å². The molecule has 0 spiro atoms. The van der Waals surface area contributed by atoms with Crippen LogP contribution in [0.3, 0.4) is 0 Å². The molecule has 1 aliphatic heterocycles. The van der Waals surface area contributed by atoms with Crippen LogP contribution in [0.15, 0.2) is 18.2 Å². The van der Waals surface area contributed by atoms with Gasteiger partial charge in [0, 0.05) is 7.05 Å². The van der Waals surface area contributed by atoms with Crippen molar-refractivity contribution in [3.8, 4) is 0 Å². The van der Waals surface area contributed by atoms with E-state index in [-0.39, 0.29) is 0 Å². The number of nitrogens with zero attached hydrogens (tertiary/aromatic N) is 1. The van der Waals surface area contributed by atoms with Gasteiger partial charge in [0.2, 0.25) is 0 Å². The second kappa shape index (κ2) is 3.28. The van der Waals surface area contributed by atoms with Crippen molar-refractivity contribution in [3.05, 3.63) is 29.3 Å². The topological polar surface area (TPSA) is 15.3 Å². The van der Waals surface area contributed by atoms with Crippen molar-refractivity contribution >= 4 is 5.69 Å². The van der Waals surface area contributed by atoms with Crippen molar-refractivity contribution < 1.29 is 0 Å². The van der Waals surface area contributed by atoms with E-state index < -0.39 is 0 Å². The van der Waals surface area contributed by atoms with Crippen LogP contribution in [0.2, 0.25) is 0 Å². The molecule has 2 rings (SSSR count). The summed E-state index contributed by atoms with van der Waals surface area (Å²) in [5.74, 6) is 0.601. The predicted octanol–water partition coefficient (Wildman–Crippen LogP) is 2.83. The summed E-state index contributed by atoms with van der Waals surface area (Å²) in [6.45, 7) is 6.65. The van der Waals surface area contributed by atoms with Crippen LogP contribution in [0.25, 0.3) is 0 Å². The number of hydrogen-bond acceptors (Lipinski definition) is 2. The van der Waals surface area contributed by atoms with Gasteiger partial charge in [-0.25, -0.2) is 5.43 Å². The van der Waals surface area contributed by atoms with Crippen LogP contribution in [-0.2, 0) is 0 Å². The van der Waals surface area contributed by atoms with Crippen LogP contribution >= 0.6 is 0 Å². The molecule has 1 unspecified atom stereocenters. The summed E-state index contributed by atoms with van der Waals surface area (Å²) >= 11 is 0. The molecule has 0 aromatic heterocycles. The molecule has 2 heteroatoms. The smallest absolute Gasteiger partial charge is 0.0567 e. The van der Waals surface area contributed by atoms with Gasteiger partial charge in [0.25, 0.3) is 0 Å². The maximum Gasteiger partial charge on any atom is 0.0567 e. The molecule has 0 aliphatic carbocycles.